The van der Waals surface area contributed by atoms with Crippen molar-refractivity contribution >= 4 is 5.91 Å². The zero-order valence-electron chi connectivity index (χ0n) is 14.7. The number of benzene rings is 2. The molecule has 0 saturated carbocycles. The first-order valence-corrected chi connectivity index (χ1v) is 8.35. The summed E-state index contributed by atoms with van der Waals surface area (Å²) in [5.41, 5.74) is 3.62. The molecule has 2 rings (SSSR count). The Kier molecular flexibility index (Phi) is 6.21. The molecule has 0 radical (unpaired) electrons. The molecule has 2 heteroatoms. The van der Waals surface area contributed by atoms with Crippen LogP contribution in [0.4, 0.5) is 0 Å². The van der Waals surface area contributed by atoms with Gasteiger partial charge in [-0.1, -0.05) is 75.1 Å². The van der Waals surface area contributed by atoms with Gasteiger partial charge in [0.1, 0.15) is 0 Å². The highest BCUT2D eigenvalue weighted by molar-refractivity contribution is 5.76. The van der Waals surface area contributed by atoms with Gasteiger partial charge in [-0.25, -0.2) is 0 Å². The van der Waals surface area contributed by atoms with Crippen LogP contribution in [0.25, 0.3) is 0 Å². The quantitative estimate of drug-likeness (QED) is 0.845. The highest BCUT2D eigenvalue weighted by Gasteiger charge is 2.12. The topological polar surface area (TPSA) is 29.1 Å². The molecule has 124 valence electrons. The summed E-state index contributed by atoms with van der Waals surface area (Å²) < 4.78 is 0. The largest absolute Gasteiger partial charge is 0.345 e. The Hall–Kier alpha value is -2.53. The number of hydrogen-bond acceptors (Lipinski definition) is 1. The van der Waals surface area contributed by atoms with Crippen LogP contribution >= 0.6 is 0 Å². The van der Waals surface area contributed by atoms with E-state index in [1.54, 1.807) is 0 Å². The van der Waals surface area contributed by atoms with E-state index in [2.05, 4.69) is 62.2 Å². The van der Waals surface area contributed by atoms with E-state index in [9.17, 15) is 4.79 Å². The molecular weight excluding hydrogens is 294 g/mol. The molecule has 2 nitrogen and oxygen atoms in total. The maximum atomic E-state index is 11.9. The highest BCUT2D eigenvalue weighted by Crippen LogP contribution is 2.22. The predicted octanol–water partition coefficient (Wildman–Crippen LogP) is 4.08. The number of nitrogens with one attached hydrogen (secondary N) is 1. The average Bonchev–Trinajstić information content (AvgIpc) is 2.57. The number of carbonyl (C=O) groups excluding carboxylic acids is 1. The van der Waals surface area contributed by atoms with Crippen LogP contribution in [0.5, 0.6) is 0 Å². The Balaban J connectivity index is 1.74. The lowest BCUT2D eigenvalue weighted by atomic mass is 9.86. The average molecular weight is 319 g/mol. The predicted molar refractivity (Wildman–Crippen MR) is 99.8 cm³/mol. The fourth-order valence-electron chi connectivity index (χ4n) is 2.33. The van der Waals surface area contributed by atoms with E-state index in [1.807, 2.05) is 30.3 Å². The molecule has 0 atom stereocenters. The lowest BCUT2D eigenvalue weighted by Crippen LogP contribution is -2.23. The molecule has 1 N–H and O–H groups in total. The molecule has 0 fully saturated rings. The maximum Gasteiger partial charge on any atom is 0.221 e. The van der Waals surface area contributed by atoms with Gasteiger partial charge in [-0.3, -0.25) is 4.79 Å². The van der Waals surface area contributed by atoms with Gasteiger partial charge in [0.25, 0.3) is 0 Å². The van der Waals surface area contributed by atoms with Gasteiger partial charge in [0.05, 0.1) is 6.54 Å². The van der Waals surface area contributed by atoms with Crippen LogP contribution in [0.2, 0.25) is 0 Å². The third-order valence-electron chi connectivity index (χ3n) is 3.84. The fourth-order valence-corrected chi connectivity index (χ4v) is 2.33. The zero-order chi connectivity index (χ0) is 17.4. The fraction of sp³-hybridized carbons (Fsp3) is 0.318. The minimum absolute atomic E-state index is 0.0391. The van der Waals surface area contributed by atoms with E-state index in [1.165, 1.54) is 11.1 Å². The Morgan fingerprint density at radius 3 is 2.29 bits per heavy atom. The minimum Gasteiger partial charge on any atom is -0.345 e. The SMILES string of the molecule is CC(C)(C)c1ccc(CCC(=O)NCC#Cc2ccccc2)cc1. The van der Waals surface area contributed by atoms with Gasteiger partial charge in [0, 0.05) is 12.0 Å². The highest BCUT2D eigenvalue weighted by atomic mass is 16.1. The van der Waals surface area contributed by atoms with Gasteiger partial charge in [0.2, 0.25) is 5.91 Å². The van der Waals surface area contributed by atoms with E-state index in [0.717, 1.165) is 12.0 Å². The Morgan fingerprint density at radius 2 is 1.67 bits per heavy atom. The molecule has 2 aromatic carbocycles. The van der Waals surface area contributed by atoms with E-state index < -0.39 is 0 Å². The summed E-state index contributed by atoms with van der Waals surface area (Å²) >= 11 is 0. The number of carbonyl (C=O) groups is 1. The molecule has 24 heavy (non-hydrogen) atoms. The summed E-state index contributed by atoms with van der Waals surface area (Å²) in [5, 5.41) is 2.85. The van der Waals surface area contributed by atoms with Crippen molar-refractivity contribution in [2.75, 3.05) is 6.54 Å². The van der Waals surface area contributed by atoms with Crippen LogP contribution in [-0.2, 0) is 16.6 Å². The smallest absolute Gasteiger partial charge is 0.221 e. The molecule has 1 amide bonds. The first-order valence-electron chi connectivity index (χ1n) is 8.35. The summed E-state index contributed by atoms with van der Waals surface area (Å²) in [5.74, 6) is 6.04. The molecule has 0 spiro atoms. The lowest BCUT2D eigenvalue weighted by Gasteiger charge is -2.19. The molecule has 0 saturated heterocycles. The van der Waals surface area contributed by atoms with E-state index in [4.69, 9.17) is 0 Å². The second-order valence-corrected chi connectivity index (χ2v) is 6.89. The van der Waals surface area contributed by atoms with Crippen molar-refractivity contribution < 1.29 is 4.79 Å². The van der Waals surface area contributed by atoms with Crippen molar-refractivity contribution in [3.63, 3.8) is 0 Å². The monoisotopic (exact) mass is 319 g/mol. The van der Waals surface area contributed by atoms with Crippen molar-refractivity contribution in [3.05, 3.63) is 71.3 Å². The second kappa shape index (κ2) is 8.36. The van der Waals surface area contributed by atoms with Crippen LogP contribution in [-0.4, -0.2) is 12.5 Å². The van der Waals surface area contributed by atoms with Gasteiger partial charge in [-0.2, -0.15) is 0 Å². The second-order valence-electron chi connectivity index (χ2n) is 6.89. The minimum atomic E-state index is 0.0391. The summed E-state index contributed by atoms with van der Waals surface area (Å²) in [7, 11) is 0. The number of hydrogen-bond donors (Lipinski definition) is 1. The summed E-state index contributed by atoms with van der Waals surface area (Å²) in [6.07, 6.45) is 1.24. The first kappa shape index (κ1) is 17.8. The van der Waals surface area contributed by atoms with Crippen molar-refractivity contribution in [1.82, 2.24) is 5.32 Å². The molecular formula is C22H25NO. The van der Waals surface area contributed by atoms with Gasteiger partial charge in [-0.05, 0) is 35.1 Å². The number of amides is 1. The van der Waals surface area contributed by atoms with Crippen LogP contribution < -0.4 is 5.32 Å². The molecule has 0 unspecified atom stereocenters. The summed E-state index contributed by atoms with van der Waals surface area (Å²) in [6.45, 7) is 6.99. The molecule has 0 aromatic heterocycles. The number of aryl methyl sites for hydroxylation is 1. The molecule has 0 aliphatic rings. The Labute approximate surface area is 145 Å². The summed E-state index contributed by atoms with van der Waals surface area (Å²) in [4.78, 5) is 11.9. The summed E-state index contributed by atoms with van der Waals surface area (Å²) in [6, 6.07) is 18.3. The molecule has 0 heterocycles. The third-order valence-corrected chi connectivity index (χ3v) is 3.84. The van der Waals surface area contributed by atoms with Crippen molar-refractivity contribution in [1.29, 1.82) is 0 Å². The van der Waals surface area contributed by atoms with Crippen molar-refractivity contribution in [3.8, 4) is 11.8 Å². The molecule has 0 aliphatic carbocycles. The standard InChI is InChI=1S/C22H25NO/c1-22(2,3)20-14-11-19(12-15-20)13-16-21(24)23-17-7-10-18-8-5-4-6-9-18/h4-6,8-9,11-12,14-15H,13,16-17H2,1-3H3,(H,23,24). The Bertz CT molecular complexity index is 713. The van der Waals surface area contributed by atoms with Crippen LogP contribution in [0.15, 0.2) is 54.6 Å². The molecule has 0 bridgehead atoms. The maximum absolute atomic E-state index is 11.9. The number of rotatable bonds is 4. The van der Waals surface area contributed by atoms with Crippen molar-refractivity contribution in [2.24, 2.45) is 0 Å². The van der Waals surface area contributed by atoms with Crippen LogP contribution in [0, 0.1) is 11.8 Å². The van der Waals surface area contributed by atoms with Gasteiger partial charge in [0.15, 0.2) is 0 Å². The molecule has 0 aliphatic heterocycles. The third kappa shape index (κ3) is 5.93. The van der Waals surface area contributed by atoms with E-state index in [0.29, 0.717) is 13.0 Å². The van der Waals surface area contributed by atoms with Gasteiger partial charge < -0.3 is 5.32 Å². The van der Waals surface area contributed by atoms with Crippen LogP contribution in [0.1, 0.15) is 43.9 Å². The van der Waals surface area contributed by atoms with Gasteiger partial charge >= 0.3 is 0 Å². The lowest BCUT2D eigenvalue weighted by molar-refractivity contribution is -0.120. The van der Waals surface area contributed by atoms with E-state index >= 15 is 0 Å². The van der Waals surface area contributed by atoms with Crippen molar-refractivity contribution in [2.45, 2.75) is 39.0 Å². The normalized spacial score (nSPS) is 10.6. The first-order chi connectivity index (χ1) is 11.4. The van der Waals surface area contributed by atoms with Gasteiger partial charge in [-0.15, -0.1) is 0 Å². The Morgan fingerprint density at radius 1 is 1.00 bits per heavy atom. The van der Waals surface area contributed by atoms with Crippen LogP contribution in [0.3, 0.4) is 0 Å². The van der Waals surface area contributed by atoms with E-state index in [-0.39, 0.29) is 11.3 Å². The molecule has 2 aromatic rings. The zero-order valence-corrected chi connectivity index (χ0v) is 14.7.